The highest BCUT2D eigenvalue weighted by Crippen LogP contribution is 2.23. The normalized spacial score (nSPS) is 14.9. The zero-order valence-corrected chi connectivity index (χ0v) is 19.2. The van der Waals surface area contributed by atoms with Crippen LogP contribution in [0.25, 0.3) is 0 Å². The largest absolute Gasteiger partial charge is 0.486 e. The Morgan fingerprint density at radius 2 is 1.56 bits per heavy atom. The maximum Gasteiger partial charge on any atom is 0.305 e. The molecule has 2 N–H and O–H groups in total. The molecule has 1 aliphatic rings. The molecule has 0 unspecified atom stereocenters. The zero-order valence-electron chi connectivity index (χ0n) is 18.3. The summed E-state index contributed by atoms with van der Waals surface area (Å²) in [7, 11) is -3.58. The van der Waals surface area contributed by atoms with Gasteiger partial charge in [-0.05, 0) is 49.2 Å². The van der Waals surface area contributed by atoms with Crippen LogP contribution in [0.2, 0.25) is 0 Å². The lowest BCUT2D eigenvalue weighted by atomic mass is 9.98. The van der Waals surface area contributed by atoms with Crippen LogP contribution < -0.4 is 15.6 Å². The summed E-state index contributed by atoms with van der Waals surface area (Å²) >= 11 is 0. The zero-order chi connectivity index (χ0) is 24.0. The maximum absolute atomic E-state index is 12.7. The number of furan rings is 1. The molecule has 4 rings (SSSR count). The SMILES string of the molecule is O=C(NNC(=O)C1CCN(S(=O)(=O)c2ccccc2)CC1)c1ccc(COc2ccccc2)o1. The van der Waals surface area contributed by atoms with Crippen LogP contribution in [0.5, 0.6) is 5.75 Å². The van der Waals surface area contributed by atoms with Crippen molar-refractivity contribution in [3.05, 3.63) is 84.3 Å². The Kier molecular flexibility index (Phi) is 7.29. The number of carbonyl (C=O) groups excluding carboxylic acids is 2. The molecule has 10 heteroatoms. The Balaban J connectivity index is 1.23. The molecule has 2 aromatic carbocycles. The van der Waals surface area contributed by atoms with Gasteiger partial charge < -0.3 is 9.15 Å². The molecule has 0 radical (unpaired) electrons. The summed E-state index contributed by atoms with van der Waals surface area (Å²) in [5.41, 5.74) is 4.75. The van der Waals surface area contributed by atoms with Gasteiger partial charge in [0.2, 0.25) is 15.9 Å². The number of carbonyl (C=O) groups is 2. The Hall–Kier alpha value is -3.63. The summed E-state index contributed by atoms with van der Waals surface area (Å²) in [4.78, 5) is 25.0. The number of nitrogens with zero attached hydrogens (tertiary/aromatic N) is 1. The third-order valence-electron chi connectivity index (χ3n) is 5.51. The minimum Gasteiger partial charge on any atom is -0.486 e. The molecule has 0 atom stereocenters. The van der Waals surface area contributed by atoms with Crippen LogP contribution in [0.4, 0.5) is 0 Å². The third-order valence-corrected chi connectivity index (χ3v) is 7.43. The summed E-state index contributed by atoms with van der Waals surface area (Å²) in [6.07, 6.45) is 0.713. The molecule has 178 valence electrons. The molecular weight excluding hydrogens is 458 g/mol. The van der Waals surface area contributed by atoms with Gasteiger partial charge in [-0.3, -0.25) is 20.4 Å². The van der Waals surface area contributed by atoms with Crippen molar-refractivity contribution < 1.29 is 27.2 Å². The second kappa shape index (κ2) is 10.5. The topological polar surface area (TPSA) is 118 Å². The number of hydrazine groups is 1. The second-order valence-electron chi connectivity index (χ2n) is 7.80. The van der Waals surface area contributed by atoms with Crippen molar-refractivity contribution in [2.45, 2.75) is 24.3 Å². The first-order chi connectivity index (χ1) is 16.4. The lowest BCUT2D eigenvalue weighted by Gasteiger charge is -2.30. The van der Waals surface area contributed by atoms with Crippen LogP contribution in [-0.4, -0.2) is 37.6 Å². The Labute approximate surface area is 197 Å². The van der Waals surface area contributed by atoms with Crippen LogP contribution in [0.15, 0.2) is 82.1 Å². The predicted octanol–water partition coefficient (Wildman–Crippen LogP) is 2.72. The molecule has 0 aliphatic carbocycles. The number of nitrogens with one attached hydrogen (secondary N) is 2. The van der Waals surface area contributed by atoms with Gasteiger partial charge in [0, 0.05) is 19.0 Å². The fourth-order valence-corrected chi connectivity index (χ4v) is 5.12. The Morgan fingerprint density at radius 1 is 0.912 bits per heavy atom. The molecule has 0 spiro atoms. The minimum atomic E-state index is -3.58. The monoisotopic (exact) mass is 483 g/mol. The van der Waals surface area contributed by atoms with Crippen molar-refractivity contribution in [1.29, 1.82) is 0 Å². The van der Waals surface area contributed by atoms with Crippen molar-refractivity contribution in [3.63, 3.8) is 0 Å². The van der Waals surface area contributed by atoms with E-state index >= 15 is 0 Å². The highest BCUT2D eigenvalue weighted by Gasteiger charge is 2.32. The van der Waals surface area contributed by atoms with E-state index in [0.717, 1.165) is 0 Å². The summed E-state index contributed by atoms with van der Waals surface area (Å²) in [5.74, 6) is -0.190. The molecule has 0 saturated carbocycles. The number of amides is 2. The number of ether oxygens (including phenoxy) is 1. The van der Waals surface area contributed by atoms with E-state index in [4.69, 9.17) is 9.15 Å². The van der Waals surface area contributed by atoms with E-state index in [0.29, 0.717) is 24.4 Å². The van der Waals surface area contributed by atoms with E-state index in [-0.39, 0.29) is 36.3 Å². The van der Waals surface area contributed by atoms with E-state index in [9.17, 15) is 18.0 Å². The van der Waals surface area contributed by atoms with Gasteiger partial charge >= 0.3 is 5.91 Å². The van der Waals surface area contributed by atoms with Gasteiger partial charge in [-0.2, -0.15) is 4.31 Å². The summed E-state index contributed by atoms with van der Waals surface area (Å²) < 4.78 is 37.9. The molecule has 2 heterocycles. The highest BCUT2D eigenvalue weighted by atomic mass is 32.2. The minimum absolute atomic E-state index is 0.0377. The van der Waals surface area contributed by atoms with Gasteiger partial charge in [0.15, 0.2) is 5.76 Å². The van der Waals surface area contributed by atoms with E-state index < -0.39 is 21.8 Å². The van der Waals surface area contributed by atoms with E-state index in [1.165, 1.54) is 10.4 Å². The van der Waals surface area contributed by atoms with Crippen LogP contribution in [-0.2, 0) is 21.4 Å². The molecule has 0 bridgehead atoms. The maximum atomic E-state index is 12.7. The standard InChI is InChI=1S/C24H25N3O6S/c28-23(18-13-15-27(16-14-18)34(30,31)21-9-5-2-6-10-21)25-26-24(29)22-12-11-20(33-22)17-32-19-7-3-1-4-8-19/h1-12,18H,13-17H2,(H,25,28)(H,26,29). The Morgan fingerprint density at radius 3 is 2.24 bits per heavy atom. The van der Waals surface area contributed by atoms with Gasteiger partial charge in [-0.15, -0.1) is 0 Å². The van der Waals surface area contributed by atoms with Crippen LogP contribution >= 0.6 is 0 Å². The smallest absolute Gasteiger partial charge is 0.305 e. The number of sulfonamides is 1. The predicted molar refractivity (Wildman–Crippen MR) is 123 cm³/mol. The molecule has 1 fully saturated rings. The molecule has 1 aromatic heterocycles. The van der Waals surface area contributed by atoms with Crippen molar-refractivity contribution in [2.24, 2.45) is 5.92 Å². The van der Waals surface area contributed by atoms with Crippen molar-refractivity contribution in [1.82, 2.24) is 15.2 Å². The quantitative estimate of drug-likeness (QED) is 0.499. The first-order valence-corrected chi connectivity index (χ1v) is 12.3. The van der Waals surface area contributed by atoms with E-state index in [1.807, 2.05) is 30.3 Å². The number of piperidine rings is 1. The van der Waals surface area contributed by atoms with Gasteiger partial charge in [0.1, 0.15) is 18.1 Å². The number of rotatable bonds is 7. The molecular formula is C24H25N3O6S. The van der Waals surface area contributed by atoms with E-state index in [2.05, 4.69) is 10.9 Å². The summed E-state index contributed by atoms with van der Waals surface area (Å²) in [6, 6.07) is 20.5. The van der Waals surface area contributed by atoms with Crippen LogP contribution in [0, 0.1) is 5.92 Å². The van der Waals surface area contributed by atoms with Crippen molar-refractivity contribution >= 4 is 21.8 Å². The molecule has 2 amide bonds. The first kappa shape index (κ1) is 23.5. The molecule has 3 aromatic rings. The van der Waals surface area contributed by atoms with Gasteiger partial charge in [0.25, 0.3) is 0 Å². The van der Waals surface area contributed by atoms with Gasteiger partial charge in [-0.1, -0.05) is 36.4 Å². The highest BCUT2D eigenvalue weighted by molar-refractivity contribution is 7.89. The lowest BCUT2D eigenvalue weighted by molar-refractivity contribution is -0.126. The number of benzene rings is 2. The average molecular weight is 484 g/mol. The van der Waals surface area contributed by atoms with Crippen LogP contribution in [0.3, 0.4) is 0 Å². The summed E-state index contributed by atoms with van der Waals surface area (Å²) in [6.45, 7) is 0.618. The fraction of sp³-hybridized carbons (Fsp3) is 0.250. The Bertz CT molecular complexity index is 1220. The molecule has 9 nitrogen and oxygen atoms in total. The lowest BCUT2D eigenvalue weighted by Crippen LogP contribution is -2.48. The first-order valence-electron chi connectivity index (χ1n) is 10.9. The van der Waals surface area contributed by atoms with E-state index in [1.54, 1.807) is 36.4 Å². The molecule has 1 aliphatic heterocycles. The number of hydrogen-bond acceptors (Lipinski definition) is 6. The molecule has 34 heavy (non-hydrogen) atoms. The number of hydrogen-bond donors (Lipinski definition) is 2. The van der Waals surface area contributed by atoms with Crippen molar-refractivity contribution in [3.8, 4) is 5.75 Å². The number of para-hydroxylation sites is 1. The average Bonchev–Trinajstić information content (AvgIpc) is 3.36. The second-order valence-corrected chi connectivity index (χ2v) is 9.74. The molecule has 1 saturated heterocycles. The van der Waals surface area contributed by atoms with Gasteiger partial charge in [0.05, 0.1) is 4.90 Å². The van der Waals surface area contributed by atoms with Crippen LogP contribution in [0.1, 0.15) is 29.2 Å². The van der Waals surface area contributed by atoms with Gasteiger partial charge in [-0.25, -0.2) is 8.42 Å². The fourth-order valence-electron chi connectivity index (χ4n) is 3.63. The van der Waals surface area contributed by atoms with Crippen molar-refractivity contribution in [2.75, 3.05) is 13.1 Å². The third kappa shape index (κ3) is 5.64. The summed E-state index contributed by atoms with van der Waals surface area (Å²) in [5, 5.41) is 0.